The molecule has 1 aliphatic heterocycles. The number of nitrogens with zero attached hydrogens (tertiary/aromatic N) is 3. The average molecular weight is 396 g/mol. The number of nitrogens with one attached hydrogen (secondary N) is 1. The van der Waals surface area contributed by atoms with E-state index in [9.17, 15) is 9.59 Å². The van der Waals surface area contributed by atoms with Crippen molar-refractivity contribution in [2.45, 2.75) is 6.92 Å². The molecule has 1 N–H and O–H groups in total. The van der Waals surface area contributed by atoms with Crippen molar-refractivity contribution in [2.75, 3.05) is 36.4 Å². The molecule has 2 aromatic heterocycles. The quantitative estimate of drug-likeness (QED) is 0.732. The van der Waals surface area contributed by atoms with Crippen molar-refractivity contribution in [1.29, 1.82) is 0 Å². The van der Waals surface area contributed by atoms with Gasteiger partial charge in [-0.1, -0.05) is 18.2 Å². The average Bonchev–Trinajstić information content (AvgIpc) is 3.40. The minimum Gasteiger partial charge on any atom is -0.431 e. The van der Waals surface area contributed by atoms with E-state index in [-0.39, 0.29) is 23.5 Å². The SMILES string of the molecule is Cc1cccc(N2CCN(C(=O)c3coc(NC(=O)c4cccs4)n3)CC2)c1. The highest BCUT2D eigenvalue weighted by atomic mass is 32.1. The number of anilines is 2. The van der Waals surface area contributed by atoms with Gasteiger partial charge in [0.15, 0.2) is 5.69 Å². The molecule has 0 aliphatic carbocycles. The third-order valence-corrected chi connectivity index (χ3v) is 5.49. The predicted octanol–water partition coefficient (Wildman–Crippen LogP) is 3.26. The molecule has 7 nitrogen and oxygen atoms in total. The Morgan fingerprint density at radius 1 is 1.14 bits per heavy atom. The Bertz CT molecular complexity index is 975. The molecular formula is C20H20N4O3S. The Kier molecular flexibility index (Phi) is 5.12. The molecule has 0 radical (unpaired) electrons. The summed E-state index contributed by atoms with van der Waals surface area (Å²) in [6.45, 7) is 4.81. The minimum atomic E-state index is -0.303. The number of piperazine rings is 1. The van der Waals surface area contributed by atoms with E-state index < -0.39 is 0 Å². The number of carbonyl (C=O) groups excluding carboxylic acids is 2. The minimum absolute atomic E-state index is 0.0279. The molecule has 0 saturated carbocycles. The van der Waals surface area contributed by atoms with Gasteiger partial charge in [-0.3, -0.25) is 14.9 Å². The lowest BCUT2D eigenvalue weighted by atomic mass is 10.2. The van der Waals surface area contributed by atoms with Gasteiger partial charge in [-0.2, -0.15) is 4.98 Å². The molecule has 8 heteroatoms. The molecule has 1 aliphatic rings. The summed E-state index contributed by atoms with van der Waals surface area (Å²) in [4.78, 5) is 33.5. The molecule has 144 valence electrons. The topological polar surface area (TPSA) is 78.7 Å². The van der Waals surface area contributed by atoms with Crippen LogP contribution in [0.3, 0.4) is 0 Å². The maximum Gasteiger partial charge on any atom is 0.302 e. The van der Waals surface area contributed by atoms with Gasteiger partial charge in [0.2, 0.25) is 0 Å². The van der Waals surface area contributed by atoms with Crippen molar-refractivity contribution in [1.82, 2.24) is 9.88 Å². The van der Waals surface area contributed by atoms with Crippen LogP contribution in [0.1, 0.15) is 25.7 Å². The molecule has 0 unspecified atom stereocenters. The van der Waals surface area contributed by atoms with E-state index in [4.69, 9.17) is 4.42 Å². The van der Waals surface area contributed by atoms with Crippen molar-refractivity contribution in [2.24, 2.45) is 0 Å². The van der Waals surface area contributed by atoms with Crippen LogP contribution in [0.4, 0.5) is 11.7 Å². The Hall–Kier alpha value is -3.13. The zero-order valence-electron chi connectivity index (χ0n) is 15.4. The van der Waals surface area contributed by atoms with Gasteiger partial charge in [0.05, 0.1) is 4.88 Å². The van der Waals surface area contributed by atoms with Crippen molar-refractivity contribution >= 4 is 34.9 Å². The van der Waals surface area contributed by atoms with Gasteiger partial charge in [-0.15, -0.1) is 11.3 Å². The van der Waals surface area contributed by atoms with Gasteiger partial charge in [-0.05, 0) is 36.1 Å². The summed E-state index contributed by atoms with van der Waals surface area (Å²) in [6, 6.07) is 11.9. The second-order valence-corrected chi connectivity index (χ2v) is 7.54. The van der Waals surface area contributed by atoms with Crippen molar-refractivity contribution < 1.29 is 14.0 Å². The summed E-state index contributed by atoms with van der Waals surface area (Å²) in [7, 11) is 0. The van der Waals surface area contributed by atoms with E-state index in [1.807, 2.05) is 11.4 Å². The number of carbonyl (C=O) groups is 2. The van der Waals surface area contributed by atoms with Crippen molar-refractivity contribution in [3.05, 3.63) is 64.2 Å². The number of hydrogen-bond acceptors (Lipinski definition) is 6. The molecule has 2 amide bonds. The van der Waals surface area contributed by atoms with Crippen LogP contribution in [-0.4, -0.2) is 47.9 Å². The Balaban J connectivity index is 1.35. The first-order valence-corrected chi connectivity index (χ1v) is 9.89. The van der Waals surface area contributed by atoms with E-state index in [1.54, 1.807) is 17.0 Å². The van der Waals surface area contributed by atoms with Gasteiger partial charge >= 0.3 is 6.01 Å². The lowest BCUT2D eigenvalue weighted by Gasteiger charge is -2.35. The fourth-order valence-corrected chi connectivity index (χ4v) is 3.77. The van der Waals surface area contributed by atoms with E-state index >= 15 is 0 Å². The molecule has 4 rings (SSSR count). The number of aryl methyl sites for hydroxylation is 1. The first-order chi connectivity index (χ1) is 13.6. The zero-order chi connectivity index (χ0) is 19.5. The van der Waals surface area contributed by atoms with Crippen molar-refractivity contribution in [3.8, 4) is 0 Å². The van der Waals surface area contributed by atoms with Crippen LogP contribution < -0.4 is 10.2 Å². The van der Waals surface area contributed by atoms with Gasteiger partial charge in [0.1, 0.15) is 6.26 Å². The summed E-state index contributed by atoms with van der Waals surface area (Å²) in [6.07, 6.45) is 1.29. The second kappa shape index (κ2) is 7.85. The lowest BCUT2D eigenvalue weighted by molar-refractivity contribution is 0.0740. The van der Waals surface area contributed by atoms with Crippen LogP contribution in [0.25, 0.3) is 0 Å². The van der Waals surface area contributed by atoms with Crippen LogP contribution in [0.15, 0.2) is 52.5 Å². The van der Waals surface area contributed by atoms with E-state index in [2.05, 4.69) is 40.3 Å². The maximum absolute atomic E-state index is 12.7. The molecule has 3 aromatic rings. The summed E-state index contributed by atoms with van der Waals surface area (Å²) in [5.41, 5.74) is 2.59. The Morgan fingerprint density at radius 3 is 2.68 bits per heavy atom. The van der Waals surface area contributed by atoms with Gasteiger partial charge in [0, 0.05) is 31.9 Å². The normalized spacial score (nSPS) is 14.2. The second-order valence-electron chi connectivity index (χ2n) is 6.59. The van der Waals surface area contributed by atoms with Crippen LogP contribution in [0, 0.1) is 6.92 Å². The van der Waals surface area contributed by atoms with Crippen molar-refractivity contribution in [3.63, 3.8) is 0 Å². The molecule has 3 heterocycles. The van der Waals surface area contributed by atoms with E-state index in [0.717, 1.165) is 13.1 Å². The third kappa shape index (κ3) is 3.91. The standard InChI is InChI=1S/C20H20N4O3S/c1-14-4-2-5-15(12-14)23-7-9-24(10-8-23)19(26)16-13-27-20(21-16)22-18(25)17-6-3-11-28-17/h2-6,11-13H,7-10H2,1H3,(H,21,22,25). The number of oxazole rings is 1. The lowest BCUT2D eigenvalue weighted by Crippen LogP contribution is -2.48. The maximum atomic E-state index is 12.7. The van der Waals surface area contributed by atoms with Gasteiger partial charge in [-0.25, -0.2) is 0 Å². The highest BCUT2D eigenvalue weighted by Crippen LogP contribution is 2.19. The summed E-state index contributed by atoms with van der Waals surface area (Å²) < 4.78 is 5.25. The van der Waals surface area contributed by atoms with E-state index in [1.165, 1.54) is 28.9 Å². The highest BCUT2D eigenvalue weighted by Gasteiger charge is 2.25. The molecule has 0 bridgehead atoms. The fourth-order valence-electron chi connectivity index (χ4n) is 3.15. The van der Waals surface area contributed by atoms with Gasteiger partial charge in [0.25, 0.3) is 11.8 Å². The summed E-state index contributed by atoms with van der Waals surface area (Å²) in [5, 5.41) is 4.39. The van der Waals surface area contributed by atoms with Gasteiger partial charge < -0.3 is 14.2 Å². The largest absolute Gasteiger partial charge is 0.431 e. The molecule has 1 saturated heterocycles. The number of thiophene rings is 1. The number of amides is 2. The Morgan fingerprint density at radius 2 is 1.96 bits per heavy atom. The molecule has 28 heavy (non-hydrogen) atoms. The third-order valence-electron chi connectivity index (χ3n) is 4.62. The highest BCUT2D eigenvalue weighted by molar-refractivity contribution is 7.12. The predicted molar refractivity (Wildman–Crippen MR) is 108 cm³/mol. The van der Waals surface area contributed by atoms with Crippen LogP contribution in [0.2, 0.25) is 0 Å². The Labute approximate surface area is 166 Å². The first-order valence-electron chi connectivity index (χ1n) is 9.01. The summed E-state index contributed by atoms with van der Waals surface area (Å²) in [5.74, 6) is -0.494. The van der Waals surface area contributed by atoms with Crippen LogP contribution in [0.5, 0.6) is 0 Å². The number of rotatable bonds is 4. The van der Waals surface area contributed by atoms with Crippen LogP contribution >= 0.6 is 11.3 Å². The number of hydrogen-bond donors (Lipinski definition) is 1. The molecule has 1 aromatic carbocycles. The smallest absolute Gasteiger partial charge is 0.302 e. The molecule has 0 spiro atoms. The molecule has 0 atom stereocenters. The first kappa shape index (κ1) is 18.2. The molecular weight excluding hydrogens is 376 g/mol. The van der Waals surface area contributed by atoms with Crippen LogP contribution in [-0.2, 0) is 0 Å². The number of benzene rings is 1. The zero-order valence-corrected chi connectivity index (χ0v) is 16.2. The van der Waals surface area contributed by atoms with E-state index in [0.29, 0.717) is 18.0 Å². The number of aromatic nitrogens is 1. The monoisotopic (exact) mass is 396 g/mol. The molecule has 1 fully saturated rings. The summed E-state index contributed by atoms with van der Waals surface area (Å²) >= 11 is 1.32. The fraction of sp³-hybridized carbons (Fsp3) is 0.250.